The average Bonchev–Trinajstić information content (AvgIpc) is 3.24. The predicted molar refractivity (Wildman–Crippen MR) is 123 cm³/mol. The second kappa shape index (κ2) is 12.1. The molecule has 31 heavy (non-hydrogen) atoms. The van der Waals surface area contributed by atoms with Crippen molar-refractivity contribution < 1.29 is 18.7 Å². The van der Waals surface area contributed by atoms with E-state index < -0.39 is 5.91 Å². The maximum Gasteiger partial charge on any atom is 0.305 e. The van der Waals surface area contributed by atoms with Crippen LogP contribution in [-0.2, 0) is 11.3 Å². The van der Waals surface area contributed by atoms with E-state index in [4.69, 9.17) is 49.3 Å². The lowest BCUT2D eigenvalue weighted by atomic mass is 10.3. The lowest BCUT2D eigenvalue weighted by molar-refractivity contribution is 0.0376. The summed E-state index contributed by atoms with van der Waals surface area (Å²) in [5, 5.41) is 4.31. The van der Waals surface area contributed by atoms with E-state index in [2.05, 4.69) is 21.1 Å². The molecule has 8 nitrogen and oxygen atoms in total. The van der Waals surface area contributed by atoms with Crippen LogP contribution in [0.2, 0.25) is 10.0 Å². The van der Waals surface area contributed by atoms with Crippen LogP contribution in [-0.4, -0.2) is 55.3 Å². The van der Waals surface area contributed by atoms with Crippen molar-refractivity contribution in [3.63, 3.8) is 0 Å². The maximum absolute atomic E-state index is 12.2. The zero-order valence-corrected chi connectivity index (χ0v) is 19.1. The number of amides is 1. The summed E-state index contributed by atoms with van der Waals surface area (Å²) in [7, 11) is 0. The van der Waals surface area contributed by atoms with Crippen molar-refractivity contribution in [3.8, 4) is 5.75 Å². The molecule has 0 radical (unpaired) electrons. The van der Waals surface area contributed by atoms with E-state index in [0.29, 0.717) is 33.2 Å². The topological polar surface area (TPSA) is 88.0 Å². The van der Waals surface area contributed by atoms with Crippen LogP contribution in [0.1, 0.15) is 22.7 Å². The third-order valence-electron chi connectivity index (χ3n) is 4.48. The number of ether oxygens (including phenoxy) is 2. The van der Waals surface area contributed by atoms with Gasteiger partial charge in [0, 0.05) is 24.7 Å². The molecule has 1 aliphatic rings. The van der Waals surface area contributed by atoms with Crippen LogP contribution in [0.3, 0.4) is 0 Å². The largest absolute Gasteiger partial charge is 0.484 e. The molecule has 168 valence electrons. The Balaban J connectivity index is 1.33. The van der Waals surface area contributed by atoms with Crippen molar-refractivity contribution in [2.45, 2.75) is 13.0 Å². The summed E-state index contributed by atoms with van der Waals surface area (Å²) in [6.07, 6.45) is 0.939. The molecular weight excluding hydrogens is 463 g/mol. The highest BCUT2D eigenvalue weighted by molar-refractivity contribution is 7.80. The molecule has 1 fully saturated rings. The molecule has 0 spiro atoms. The van der Waals surface area contributed by atoms with Crippen molar-refractivity contribution >= 4 is 46.4 Å². The number of thiocarbonyl (C=S) groups is 1. The van der Waals surface area contributed by atoms with Crippen LogP contribution in [0.4, 0.5) is 0 Å². The van der Waals surface area contributed by atoms with Crippen LogP contribution in [0.5, 0.6) is 5.75 Å². The Bertz CT molecular complexity index is 890. The van der Waals surface area contributed by atoms with E-state index in [1.54, 1.807) is 30.3 Å². The quantitative estimate of drug-likeness (QED) is 0.298. The first-order valence-electron chi connectivity index (χ1n) is 9.82. The molecule has 3 rings (SSSR count). The number of benzene rings is 1. The molecule has 2 heterocycles. The molecular formula is C20H24Cl2N4O4S. The molecule has 1 aromatic carbocycles. The molecule has 1 aromatic heterocycles. The van der Waals surface area contributed by atoms with Gasteiger partial charge >= 0.3 is 5.91 Å². The van der Waals surface area contributed by atoms with Crippen LogP contribution < -0.4 is 20.9 Å². The average molecular weight is 487 g/mol. The van der Waals surface area contributed by atoms with E-state index in [0.717, 1.165) is 39.3 Å². The summed E-state index contributed by atoms with van der Waals surface area (Å²) < 4.78 is 16.4. The van der Waals surface area contributed by atoms with Crippen LogP contribution in [0.15, 0.2) is 34.7 Å². The van der Waals surface area contributed by atoms with Crippen molar-refractivity contribution in [1.82, 2.24) is 21.1 Å². The van der Waals surface area contributed by atoms with Gasteiger partial charge in [0.2, 0.25) is 0 Å². The number of rotatable bonds is 8. The molecule has 0 atom stereocenters. The van der Waals surface area contributed by atoms with Gasteiger partial charge in [-0.1, -0.05) is 23.2 Å². The highest BCUT2D eigenvalue weighted by Crippen LogP contribution is 2.28. The molecule has 11 heteroatoms. The Morgan fingerprint density at radius 1 is 1.16 bits per heavy atom. The van der Waals surface area contributed by atoms with Crippen molar-refractivity contribution in [2.24, 2.45) is 0 Å². The second-order valence-electron chi connectivity index (χ2n) is 6.77. The number of morpholine rings is 1. The van der Waals surface area contributed by atoms with Gasteiger partial charge in [0.05, 0.1) is 18.2 Å². The molecule has 0 aliphatic carbocycles. The first-order valence-corrected chi connectivity index (χ1v) is 11.0. The van der Waals surface area contributed by atoms with Crippen LogP contribution in [0, 0.1) is 0 Å². The first-order chi connectivity index (χ1) is 15.0. The molecule has 1 amide bonds. The van der Waals surface area contributed by atoms with Crippen molar-refractivity contribution in [3.05, 3.63) is 51.9 Å². The molecule has 2 aromatic rings. The summed E-state index contributed by atoms with van der Waals surface area (Å²) >= 11 is 17.1. The van der Waals surface area contributed by atoms with E-state index in [9.17, 15) is 4.79 Å². The predicted octanol–water partition coefficient (Wildman–Crippen LogP) is 3.00. The van der Waals surface area contributed by atoms with Gasteiger partial charge in [-0.25, -0.2) is 0 Å². The molecule has 0 bridgehead atoms. The van der Waals surface area contributed by atoms with Crippen LogP contribution in [0.25, 0.3) is 0 Å². The lowest BCUT2D eigenvalue weighted by Gasteiger charge is -2.26. The third kappa shape index (κ3) is 7.86. The Kier molecular flexibility index (Phi) is 9.23. The number of hydrogen-bond acceptors (Lipinski definition) is 6. The van der Waals surface area contributed by atoms with Gasteiger partial charge in [0.1, 0.15) is 18.1 Å². The third-order valence-corrected chi connectivity index (χ3v) is 5.26. The number of nitrogens with one attached hydrogen (secondary N) is 3. The molecule has 0 unspecified atom stereocenters. The second-order valence-corrected chi connectivity index (χ2v) is 8.02. The number of hydrazine groups is 1. The number of hydrogen-bond donors (Lipinski definition) is 3. The highest BCUT2D eigenvalue weighted by atomic mass is 35.5. The molecule has 1 aliphatic heterocycles. The number of carbonyl (C=O) groups is 1. The standard InChI is InChI=1S/C20H24Cl2N4O4S/c21-14-2-4-17(16(22)12-14)29-13-15-3-5-18(30-15)19(27)24-25-20(31)23-6-1-7-26-8-10-28-11-9-26/h2-5,12H,1,6-11,13H2,(H,24,27)(H2,23,25,31). The summed E-state index contributed by atoms with van der Waals surface area (Å²) in [5.41, 5.74) is 5.17. The van der Waals surface area contributed by atoms with Gasteiger partial charge in [-0.3, -0.25) is 20.5 Å². The fourth-order valence-corrected chi connectivity index (χ4v) is 3.48. The van der Waals surface area contributed by atoms with Gasteiger partial charge in [-0.05, 0) is 55.5 Å². The summed E-state index contributed by atoms with van der Waals surface area (Å²) in [4.78, 5) is 14.6. The summed E-state index contributed by atoms with van der Waals surface area (Å²) in [6.45, 7) is 5.29. The first kappa shape index (κ1) is 23.6. The van der Waals surface area contributed by atoms with Gasteiger partial charge in [0.15, 0.2) is 10.9 Å². The van der Waals surface area contributed by atoms with E-state index in [-0.39, 0.29) is 12.4 Å². The highest BCUT2D eigenvalue weighted by Gasteiger charge is 2.13. The van der Waals surface area contributed by atoms with Crippen molar-refractivity contribution in [2.75, 3.05) is 39.4 Å². The fraction of sp³-hybridized carbons (Fsp3) is 0.400. The normalized spacial score (nSPS) is 14.1. The Morgan fingerprint density at radius 2 is 1.97 bits per heavy atom. The molecule has 3 N–H and O–H groups in total. The minimum absolute atomic E-state index is 0.116. The lowest BCUT2D eigenvalue weighted by Crippen LogP contribution is -2.47. The molecule has 0 saturated carbocycles. The number of halogens is 2. The zero-order valence-electron chi connectivity index (χ0n) is 16.8. The fourth-order valence-electron chi connectivity index (χ4n) is 2.87. The van der Waals surface area contributed by atoms with Gasteiger partial charge in [-0.15, -0.1) is 0 Å². The zero-order chi connectivity index (χ0) is 22.1. The monoisotopic (exact) mass is 486 g/mol. The van der Waals surface area contributed by atoms with Gasteiger partial charge < -0.3 is 19.2 Å². The van der Waals surface area contributed by atoms with Crippen molar-refractivity contribution in [1.29, 1.82) is 0 Å². The number of carbonyl (C=O) groups excluding carboxylic acids is 1. The Hall–Kier alpha value is -2.04. The van der Waals surface area contributed by atoms with E-state index in [1.165, 1.54) is 0 Å². The van der Waals surface area contributed by atoms with Gasteiger partial charge in [-0.2, -0.15) is 0 Å². The van der Waals surface area contributed by atoms with E-state index >= 15 is 0 Å². The summed E-state index contributed by atoms with van der Waals surface area (Å²) in [5.74, 6) is 0.622. The minimum atomic E-state index is -0.451. The van der Waals surface area contributed by atoms with Gasteiger partial charge in [0.25, 0.3) is 0 Å². The smallest absolute Gasteiger partial charge is 0.305 e. The van der Waals surface area contributed by atoms with E-state index in [1.807, 2.05) is 0 Å². The maximum atomic E-state index is 12.2. The number of nitrogens with zero attached hydrogens (tertiary/aromatic N) is 1. The Morgan fingerprint density at radius 3 is 2.74 bits per heavy atom. The SMILES string of the molecule is O=C(NNC(=S)NCCCN1CCOCC1)c1ccc(COc2ccc(Cl)cc2Cl)o1. The van der Waals surface area contributed by atoms with Crippen LogP contribution >= 0.6 is 35.4 Å². The minimum Gasteiger partial charge on any atom is -0.484 e. The molecule has 1 saturated heterocycles. The Labute approximate surface area is 196 Å². The summed E-state index contributed by atoms with van der Waals surface area (Å²) in [6, 6.07) is 8.14. The number of furan rings is 1.